The molecular formula is C13H20FNOS. The molecule has 0 aromatic heterocycles. The van der Waals surface area contributed by atoms with Crippen molar-refractivity contribution in [3.05, 3.63) is 29.6 Å². The lowest BCUT2D eigenvalue weighted by atomic mass is 10.2. The van der Waals surface area contributed by atoms with Gasteiger partial charge in [0.2, 0.25) is 0 Å². The van der Waals surface area contributed by atoms with Gasteiger partial charge < -0.3 is 10.4 Å². The molecule has 96 valence electrons. The molecule has 0 aliphatic heterocycles. The fourth-order valence-electron chi connectivity index (χ4n) is 1.32. The van der Waals surface area contributed by atoms with Crippen LogP contribution in [0.3, 0.4) is 0 Å². The summed E-state index contributed by atoms with van der Waals surface area (Å²) in [5, 5.41) is 12.5. The van der Waals surface area contributed by atoms with Crippen LogP contribution >= 0.6 is 11.8 Å². The Bertz CT molecular complexity index is 357. The van der Waals surface area contributed by atoms with E-state index in [1.165, 1.54) is 11.8 Å². The number of aliphatic hydroxyl groups excluding tert-OH is 1. The summed E-state index contributed by atoms with van der Waals surface area (Å²) in [7, 11) is 0. The molecule has 0 amide bonds. The minimum absolute atomic E-state index is 0.0101. The third-order valence-electron chi connectivity index (χ3n) is 2.57. The number of halogens is 1. The predicted molar refractivity (Wildman–Crippen MR) is 70.8 cm³/mol. The van der Waals surface area contributed by atoms with Gasteiger partial charge in [0.05, 0.1) is 6.10 Å². The number of hydrogen-bond acceptors (Lipinski definition) is 3. The second-order valence-electron chi connectivity index (χ2n) is 4.11. The summed E-state index contributed by atoms with van der Waals surface area (Å²) in [5.74, 6) is -0.210. The predicted octanol–water partition coefficient (Wildman–Crippen LogP) is 2.80. The number of aliphatic hydroxyl groups is 1. The van der Waals surface area contributed by atoms with Gasteiger partial charge in [-0.3, -0.25) is 0 Å². The Balaban J connectivity index is 2.69. The number of rotatable bonds is 6. The first-order valence-electron chi connectivity index (χ1n) is 5.88. The van der Waals surface area contributed by atoms with Crippen LogP contribution in [0.25, 0.3) is 0 Å². The molecule has 2 nitrogen and oxygen atoms in total. The van der Waals surface area contributed by atoms with Crippen LogP contribution in [-0.2, 0) is 6.54 Å². The molecule has 2 atom stereocenters. The summed E-state index contributed by atoms with van der Waals surface area (Å²) < 4.78 is 13.8. The lowest BCUT2D eigenvalue weighted by Crippen LogP contribution is -2.15. The average molecular weight is 257 g/mol. The van der Waals surface area contributed by atoms with Crippen molar-refractivity contribution in [3.8, 4) is 0 Å². The highest BCUT2D eigenvalue weighted by Crippen LogP contribution is 2.28. The van der Waals surface area contributed by atoms with Crippen molar-refractivity contribution in [3.63, 3.8) is 0 Å². The Hall–Kier alpha value is -0.580. The normalized spacial score (nSPS) is 14.6. The molecule has 0 heterocycles. The first-order chi connectivity index (χ1) is 8.04. The maximum Gasteiger partial charge on any atom is 0.137 e. The van der Waals surface area contributed by atoms with E-state index in [0.29, 0.717) is 11.4 Å². The van der Waals surface area contributed by atoms with E-state index >= 15 is 0 Å². The zero-order chi connectivity index (χ0) is 12.8. The van der Waals surface area contributed by atoms with E-state index in [0.717, 1.165) is 12.1 Å². The fourth-order valence-corrected chi connectivity index (χ4v) is 2.23. The van der Waals surface area contributed by atoms with E-state index in [1.807, 2.05) is 19.9 Å². The Labute approximate surface area is 107 Å². The van der Waals surface area contributed by atoms with Gasteiger partial charge in [-0.15, -0.1) is 11.8 Å². The number of hydrogen-bond donors (Lipinski definition) is 2. The molecule has 0 saturated carbocycles. The fraction of sp³-hybridized carbons (Fsp3) is 0.538. The number of benzene rings is 1. The summed E-state index contributed by atoms with van der Waals surface area (Å²) >= 11 is 1.37. The van der Waals surface area contributed by atoms with Gasteiger partial charge >= 0.3 is 0 Å². The number of thioether (sulfide) groups is 1. The topological polar surface area (TPSA) is 32.3 Å². The van der Waals surface area contributed by atoms with Gasteiger partial charge in [0, 0.05) is 16.7 Å². The maximum absolute atomic E-state index is 13.8. The molecule has 2 unspecified atom stereocenters. The Morgan fingerprint density at radius 1 is 1.41 bits per heavy atom. The van der Waals surface area contributed by atoms with Crippen molar-refractivity contribution < 1.29 is 9.50 Å². The van der Waals surface area contributed by atoms with Crippen LogP contribution in [0, 0.1) is 5.82 Å². The third-order valence-corrected chi connectivity index (χ3v) is 3.92. The first-order valence-corrected chi connectivity index (χ1v) is 6.76. The molecule has 0 saturated heterocycles. The van der Waals surface area contributed by atoms with Crippen LogP contribution in [0.5, 0.6) is 0 Å². The smallest absolute Gasteiger partial charge is 0.137 e. The minimum atomic E-state index is -0.444. The second kappa shape index (κ2) is 6.99. The van der Waals surface area contributed by atoms with Crippen molar-refractivity contribution in [2.24, 2.45) is 0 Å². The second-order valence-corrected chi connectivity index (χ2v) is 5.53. The van der Waals surface area contributed by atoms with E-state index in [4.69, 9.17) is 0 Å². The maximum atomic E-state index is 13.8. The van der Waals surface area contributed by atoms with Crippen molar-refractivity contribution in [1.82, 2.24) is 5.32 Å². The molecule has 0 aliphatic rings. The van der Waals surface area contributed by atoms with E-state index in [2.05, 4.69) is 5.32 Å². The SMILES string of the molecule is CCNCc1ccc(SC(C)C(C)O)c(F)c1. The van der Waals surface area contributed by atoms with Crippen LogP contribution in [0.1, 0.15) is 26.3 Å². The van der Waals surface area contributed by atoms with Gasteiger partial charge in [0.15, 0.2) is 0 Å². The summed E-state index contributed by atoms with van der Waals surface area (Å²) in [4.78, 5) is 0.596. The van der Waals surface area contributed by atoms with E-state index in [1.54, 1.807) is 19.1 Å². The zero-order valence-corrected chi connectivity index (χ0v) is 11.4. The quantitative estimate of drug-likeness (QED) is 0.769. The van der Waals surface area contributed by atoms with Crippen molar-refractivity contribution in [2.45, 2.75) is 43.6 Å². The lowest BCUT2D eigenvalue weighted by molar-refractivity contribution is 0.196. The van der Waals surface area contributed by atoms with Crippen LogP contribution in [0.4, 0.5) is 4.39 Å². The van der Waals surface area contributed by atoms with Gasteiger partial charge in [-0.25, -0.2) is 4.39 Å². The summed E-state index contributed by atoms with van der Waals surface area (Å²) in [6, 6.07) is 5.26. The highest BCUT2D eigenvalue weighted by molar-refractivity contribution is 8.00. The van der Waals surface area contributed by atoms with Gasteiger partial charge in [0.1, 0.15) is 5.82 Å². The van der Waals surface area contributed by atoms with Crippen LogP contribution in [-0.4, -0.2) is 23.0 Å². The molecule has 1 aromatic carbocycles. The Morgan fingerprint density at radius 3 is 2.65 bits per heavy atom. The molecule has 0 spiro atoms. The summed E-state index contributed by atoms with van der Waals surface area (Å²) in [6.07, 6.45) is -0.444. The minimum Gasteiger partial charge on any atom is -0.392 e. The molecular weight excluding hydrogens is 237 g/mol. The molecule has 0 aliphatic carbocycles. The number of nitrogens with one attached hydrogen (secondary N) is 1. The van der Waals surface area contributed by atoms with Crippen LogP contribution in [0.15, 0.2) is 23.1 Å². The van der Waals surface area contributed by atoms with E-state index in [9.17, 15) is 9.50 Å². The van der Waals surface area contributed by atoms with E-state index in [-0.39, 0.29) is 11.1 Å². The summed E-state index contributed by atoms with van der Waals surface area (Å²) in [5.41, 5.74) is 0.943. The largest absolute Gasteiger partial charge is 0.392 e. The Kier molecular flexibility index (Phi) is 5.95. The van der Waals surface area contributed by atoms with Gasteiger partial charge in [-0.05, 0) is 31.2 Å². The molecule has 17 heavy (non-hydrogen) atoms. The monoisotopic (exact) mass is 257 g/mol. The Morgan fingerprint density at radius 2 is 2.12 bits per heavy atom. The highest BCUT2D eigenvalue weighted by atomic mass is 32.2. The van der Waals surface area contributed by atoms with Gasteiger partial charge in [-0.2, -0.15) is 0 Å². The first kappa shape index (κ1) is 14.5. The molecule has 0 bridgehead atoms. The van der Waals surface area contributed by atoms with Crippen molar-refractivity contribution >= 4 is 11.8 Å². The molecule has 4 heteroatoms. The molecule has 1 rings (SSSR count). The van der Waals surface area contributed by atoms with Crippen molar-refractivity contribution in [2.75, 3.05) is 6.54 Å². The van der Waals surface area contributed by atoms with Crippen molar-refractivity contribution in [1.29, 1.82) is 0 Å². The average Bonchev–Trinajstić information content (AvgIpc) is 2.29. The van der Waals surface area contributed by atoms with Gasteiger partial charge in [-0.1, -0.05) is 19.9 Å². The third kappa shape index (κ3) is 4.66. The highest BCUT2D eigenvalue weighted by Gasteiger charge is 2.13. The van der Waals surface area contributed by atoms with Crippen LogP contribution in [0.2, 0.25) is 0 Å². The van der Waals surface area contributed by atoms with E-state index < -0.39 is 6.10 Å². The van der Waals surface area contributed by atoms with Gasteiger partial charge in [0.25, 0.3) is 0 Å². The lowest BCUT2D eigenvalue weighted by Gasteiger charge is -2.14. The molecule has 0 fully saturated rings. The zero-order valence-electron chi connectivity index (χ0n) is 10.5. The molecule has 1 aromatic rings. The standard InChI is InChI=1S/C13H20FNOS/c1-4-15-8-11-5-6-13(12(14)7-11)17-10(3)9(2)16/h5-7,9-10,15-16H,4,8H2,1-3H3. The summed E-state index contributed by atoms with van der Waals surface area (Å²) in [6.45, 7) is 7.18. The molecule has 2 N–H and O–H groups in total. The van der Waals surface area contributed by atoms with Crippen LogP contribution < -0.4 is 5.32 Å². The molecule has 0 radical (unpaired) electrons.